The maximum absolute atomic E-state index is 4.13. The zero-order valence-electron chi connectivity index (χ0n) is 11.3. The van der Waals surface area contributed by atoms with Gasteiger partial charge in [-0.3, -0.25) is 0 Å². The summed E-state index contributed by atoms with van der Waals surface area (Å²) in [5, 5.41) is 11.5. The van der Waals surface area contributed by atoms with Gasteiger partial charge in [-0.1, -0.05) is 6.07 Å². The van der Waals surface area contributed by atoms with Crippen LogP contribution in [0.15, 0.2) is 24.3 Å². The van der Waals surface area contributed by atoms with Crippen molar-refractivity contribution in [1.82, 2.24) is 14.8 Å². The van der Waals surface area contributed by atoms with E-state index in [1.165, 1.54) is 5.69 Å². The van der Waals surface area contributed by atoms with Gasteiger partial charge in [0.1, 0.15) is 5.82 Å². The Bertz CT molecular complexity index is 530. The van der Waals surface area contributed by atoms with Gasteiger partial charge >= 0.3 is 0 Å². The summed E-state index contributed by atoms with van der Waals surface area (Å²) in [7, 11) is 6.04. The normalized spacial score (nSPS) is 10.4. The summed E-state index contributed by atoms with van der Waals surface area (Å²) in [6, 6.07) is 8.29. The SMILES string of the molecule is Cc1nnc(CNc2cccc(N(C)C)c2)n1C. The second kappa shape index (κ2) is 5.08. The molecule has 1 heterocycles. The third-order valence-electron chi connectivity index (χ3n) is 3.00. The van der Waals surface area contributed by atoms with Gasteiger partial charge in [-0.15, -0.1) is 10.2 Å². The molecule has 0 unspecified atom stereocenters. The fourth-order valence-electron chi connectivity index (χ4n) is 1.68. The van der Waals surface area contributed by atoms with Crippen LogP contribution < -0.4 is 10.2 Å². The number of hydrogen-bond donors (Lipinski definition) is 1. The van der Waals surface area contributed by atoms with Crippen LogP contribution >= 0.6 is 0 Å². The number of nitrogens with zero attached hydrogens (tertiary/aromatic N) is 4. The van der Waals surface area contributed by atoms with Crippen molar-refractivity contribution < 1.29 is 0 Å². The van der Waals surface area contributed by atoms with Crippen molar-refractivity contribution in [2.24, 2.45) is 7.05 Å². The zero-order valence-corrected chi connectivity index (χ0v) is 11.3. The highest BCUT2D eigenvalue weighted by Gasteiger charge is 2.04. The van der Waals surface area contributed by atoms with Gasteiger partial charge in [-0.25, -0.2) is 0 Å². The molecule has 18 heavy (non-hydrogen) atoms. The van der Waals surface area contributed by atoms with Crippen molar-refractivity contribution in [2.45, 2.75) is 13.5 Å². The average Bonchev–Trinajstić information content (AvgIpc) is 2.68. The summed E-state index contributed by atoms with van der Waals surface area (Å²) in [6.45, 7) is 2.62. The lowest BCUT2D eigenvalue weighted by Crippen LogP contribution is -2.10. The Labute approximate surface area is 107 Å². The third-order valence-corrected chi connectivity index (χ3v) is 3.00. The first-order valence-electron chi connectivity index (χ1n) is 5.94. The standard InChI is InChI=1S/C13H19N5/c1-10-15-16-13(18(10)4)9-14-11-6-5-7-12(8-11)17(2)3/h5-8,14H,9H2,1-4H3. The molecular weight excluding hydrogens is 226 g/mol. The van der Waals surface area contributed by atoms with Crippen LogP contribution in [0.2, 0.25) is 0 Å². The van der Waals surface area contributed by atoms with E-state index in [1.807, 2.05) is 38.7 Å². The molecule has 2 aromatic rings. The van der Waals surface area contributed by atoms with E-state index in [4.69, 9.17) is 0 Å². The quantitative estimate of drug-likeness (QED) is 0.892. The molecule has 0 aliphatic rings. The van der Waals surface area contributed by atoms with Crippen molar-refractivity contribution in [2.75, 3.05) is 24.3 Å². The van der Waals surface area contributed by atoms with Crippen molar-refractivity contribution in [3.63, 3.8) is 0 Å². The van der Waals surface area contributed by atoms with Crippen LogP contribution in [-0.2, 0) is 13.6 Å². The minimum atomic E-state index is 0.675. The van der Waals surface area contributed by atoms with E-state index in [1.54, 1.807) is 0 Å². The fourth-order valence-corrected chi connectivity index (χ4v) is 1.68. The Morgan fingerprint density at radius 3 is 2.67 bits per heavy atom. The molecule has 1 aromatic carbocycles. The molecule has 5 heteroatoms. The Morgan fingerprint density at radius 2 is 2.06 bits per heavy atom. The summed E-state index contributed by atoms with van der Waals surface area (Å²) < 4.78 is 1.99. The summed E-state index contributed by atoms with van der Waals surface area (Å²) in [5.41, 5.74) is 2.26. The molecule has 0 fully saturated rings. The summed E-state index contributed by atoms with van der Waals surface area (Å²) in [4.78, 5) is 2.08. The molecule has 1 N–H and O–H groups in total. The molecular formula is C13H19N5. The first-order valence-corrected chi connectivity index (χ1v) is 5.94. The van der Waals surface area contributed by atoms with Crippen molar-refractivity contribution in [1.29, 1.82) is 0 Å². The Balaban J connectivity index is 2.06. The number of hydrogen-bond acceptors (Lipinski definition) is 4. The molecule has 0 saturated heterocycles. The van der Waals surface area contributed by atoms with Gasteiger partial charge in [0.2, 0.25) is 0 Å². The van der Waals surface area contributed by atoms with Crippen LogP contribution in [0.1, 0.15) is 11.6 Å². The van der Waals surface area contributed by atoms with E-state index in [2.05, 4.69) is 38.6 Å². The minimum Gasteiger partial charge on any atom is -0.378 e. The van der Waals surface area contributed by atoms with Crippen molar-refractivity contribution >= 4 is 11.4 Å². The van der Waals surface area contributed by atoms with Gasteiger partial charge < -0.3 is 14.8 Å². The van der Waals surface area contributed by atoms with Crippen LogP contribution in [0.3, 0.4) is 0 Å². The van der Waals surface area contributed by atoms with Crippen molar-refractivity contribution in [3.8, 4) is 0 Å². The maximum atomic E-state index is 4.13. The number of aromatic nitrogens is 3. The van der Waals surface area contributed by atoms with Gasteiger partial charge in [0.25, 0.3) is 0 Å². The van der Waals surface area contributed by atoms with E-state index < -0.39 is 0 Å². The molecule has 1 aromatic heterocycles. The summed E-state index contributed by atoms with van der Waals surface area (Å²) >= 11 is 0. The van der Waals surface area contributed by atoms with Gasteiger partial charge in [0, 0.05) is 32.5 Å². The lowest BCUT2D eigenvalue weighted by atomic mass is 10.2. The third kappa shape index (κ3) is 2.61. The molecule has 0 radical (unpaired) electrons. The molecule has 0 saturated carbocycles. The van der Waals surface area contributed by atoms with Crippen LogP contribution in [0.25, 0.3) is 0 Å². The number of anilines is 2. The van der Waals surface area contributed by atoms with Crippen LogP contribution in [-0.4, -0.2) is 28.9 Å². The van der Waals surface area contributed by atoms with Crippen molar-refractivity contribution in [3.05, 3.63) is 35.9 Å². The van der Waals surface area contributed by atoms with E-state index in [9.17, 15) is 0 Å². The second-order valence-electron chi connectivity index (χ2n) is 4.52. The largest absolute Gasteiger partial charge is 0.378 e. The zero-order chi connectivity index (χ0) is 13.1. The van der Waals surface area contributed by atoms with Crippen LogP contribution in [0.4, 0.5) is 11.4 Å². The fraction of sp³-hybridized carbons (Fsp3) is 0.385. The highest BCUT2D eigenvalue weighted by atomic mass is 15.3. The van der Waals surface area contributed by atoms with Gasteiger partial charge in [-0.05, 0) is 25.1 Å². The Morgan fingerprint density at radius 1 is 1.28 bits per heavy atom. The average molecular weight is 245 g/mol. The first kappa shape index (κ1) is 12.4. The highest BCUT2D eigenvalue weighted by Crippen LogP contribution is 2.17. The van der Waals surface area contributed by atoms with E-state index in [0.717, 1.165) is 17.3 Å². The number of rotatable bonds is 4. The van der Waals surface area contributed by atoms with E-state index in [0.29, 0.717) is 6.54 Å². The lowest BCUT2D eigenvalue weighted by molar-refractivity contribution is 0.789. The smallest absolute Gasteiger partial charge is 0.152 e. The summed E-state index contributed by atoms with van der Waals surface area (Å²) in [6.07, 6.45) is 0. The first-order chi connectivity index (χ1) is 8.58. The van der Waals surface area contributed by atoms with Gasteiger partial charge in [0.05, 0.1) is 6.54 Å². The molecule has 0 aliphatic carbocycles. The molecule has 96 valence electrons. The highest BCUT2D eigenvalue weighted by molar-refractivity contribution is 5.57. The van der Waals surface area contributed by atoms with Crippen LogP contribution in [0, 0.1) is 6.92 Å². The lowest BCUT2D eigenvalue weighted by Gasteiger charge is -2.14. The molecule has 0 spiro atoms. The molecule has 0 aliphatic heterocycles. The number of nitrogens with one attached hydrogen (secondary N) is 1. The summed E-state index contributed by atoms with van der Waals surface area (Å²) in [5.74, 6) is 1.86. The molecule has 0 atom stereocenters. The topological polar surface area (TPSA) is 46.0 Å². The second-order valence-corrected chi connectivity index (χ2v) is 4.52. The molecule has 2 rings (SSSR count). The van der Waals surface area contributed by atoms with Crippen LogP contribution in [0.5, 0.6) is 0 Å². The molecule has 5 nitrogen and oxygen atoms in total. The van der Waals surface area contributed by atoms with Gasteiger partial charge in [0.15, 0.2) is 5.82 Å². The predicted octanol–water partition coefficient (Wildman–Crippen LogP) is 1.80. The van der Waals surface area contributed by atoms with E-state index >= 15 is 0 Å². The maximum Gasteiger partial charge on any atom is 0.152 e. The number of aryl methyl sites for hydroxylation is 1. The number of benzene rings is 1. The van der Waals surface area contributed by atoms with E-state index in [-0.39, 0.29) is 0 Å². The Kier molecular flexibility index (Phi) is 3.50. The van der Waals surface area contributed by atoms with Gasteiger partial charge in [-0.2, -0.15) is 0 Å². The minimum absolute atomic E-state index is 0.675. The predicted molar refractivity (Wildman–Crippen MR) is 73.8 cm³/mol. The molecule has 0 bridgehead atoms. The molecule has 0 amide bonds. The Hall–Kier alpha value is -2.04. The monoisotopic (exact) mass is 245 g/mol.